The zero-order chi connectivity index (χ0) is 16.8. The molecular formula is C20H25NOS. The largest absolute Gasteiger partial charge is 0.349 e. The van der Waals surface area contributed by atoms with E-state index >= 15 is 0 Å². The number of nitrogens with one attached hydrogen (secondary N) is 1. The Morgan fingerprint density at radius 1 is 1.09 bits per heavy atom. The lowest BCUT2D eigenvalue weighted by Gasteiger charge is -2.20. The smallest absolute Gasteiger partial charge is 0.233 e. The number of hydrogen-bond acceptors (Lipinski definition) is 2. The highest BCUT2D eigenvalue weighted by molar-refractivity contribution is 7.99. The summed E-state index contributed by atoms with van der Waals surface area (Å²) in [5, 5.41) is 3.07. The van der Waals surface area contributed by atoms with Crippen molar-refractivity contribution >= 4 is 17.7 Å². The van der Waals surface area contributed by atoms with Crippen LogP contribution >= 0.6 is 11.8 Å². The van der Waals surface area contributed by atoms with Crippen molar-refractivity contribution < 1.29 is 4.79 Å². The van der Waals surface area contributed by atoms with Crippen LogP contribution in [0.1, 0.15) is 42.1 Å². The molecule has 1 amide bonds. The summed E-state index contributed by atoms with van der Waals surface area (Å²) < 4.78 is 0. The van der Waals surface area contributed by atoms with Crippen LogP contribution in [0.2, 0.25) is 0 Å². The summed E-state index contributed by atoms with van der Waals surface area (Å²) >= 11 is 1.67. The molecule has 2 rings (SSSR count). The average Bonchev–Trinajstić information content (AvgIpc) is 2.55. The fraction of sp³-hybridized carbons (Fsp3) is 0.350. The highest BCUT2D eigenvalue weighted by Gasteiger charge is 2.17. The second-order valence-electron chi connectivity index (χ2n) is 6.03. The molecule has 0 unspecified atom stereocenters. The van der Waals surface area contributed by atoms with Crippen molar-refractivity contribution in [2.24, 2.45) is 0 Å². The first-order valence-electron chi connectivity index (χ1n) is 8.00. The van der Waals surface area contributed by atoms with Gasteiger partial charge in [-0.15, -0.1) is 11.8 Å². The first-order valence-corrected chi connectivity index (χ1v) is 9.05. The van der Waals surface area contributed by atoms with Crippen molar-refractivity contribution in [2.75, 3.05) is 0 Å². The summed E-state index contributed by atoms with van der Waals surface area (Å²) in [6.45, 7) is 8.19. The molecular weight excluding hydrogens is 302 g/mol. The van der Waals surface area contributed by atoms with Crippen LogP contribution in [0.25, 0.3) is 0 Å². The van der Waals surface area contributed by atoms with Gasteiger partial charge in [0, 0.05) is 5.75 Å². The minimum Gasteiger partial charge on any atom is -0.349 e. The lowest BCUT2D eigenvalue weighted by atomic mass is 10.00. The van der Waals surface area contributed by atoms with Crippen LogP contribution in [0.3, 0.4) is 0 Å². The molecule has 1 N–H and O–H groups in total. The molecule has 23 heavy (non-hydrogen) atoms. The molecule has 0 aliphatic rings. The van der Waals surface area contributed by atoms with Gasteiger partial charge in [0.15, 0.2) is 0 Å². The van der Waals surface area contributed by atoms with E-state index in [4.69, 9.17) is 0 Å². The minimum absolute atomic E-state index is 0.0298. The standard InChI is InChI=1S/C20H25NOS/c1-14-10-11-15(2)19(12-14)16(3)21-20(22)17(4)23-13-18-8-6-5-7-9-18/h5-12,16-17H,13H2,1-4H3,(H,21,22)/t16-,17+/m0/s1. The summed E-state index contributed by atoms with van der Waals surface area (Å²) in [7, 11) is 0. The Kier molecular flexibility index (Phi) is 6.28. The zero-order valence-electron chi connectivity index (χ0n) is 14.3. The Morgan fingerprint density at radius 2 is 1.78 bits per heavy atom. The highest BCUT2D eigenvalue weighted by Crippen LogP contribution is 2.21. The van der Waals surface area contributed by atoms with Gasteiger partial charge >= 0.3 is 0 Å². The second-order valence-corrected chi connectivity index (χ2v) is 7.36. The van der Waals surface area contributed by atoms with E-state index in [0.717, 1.165) is 5.75 Å². The van der Waals surface area contributed by atoms with E-state index in [9.17, 15) is 4.79 Å². The molecule has 0 bridgehead atoms. The van der Waals surface area contributed by atoms with E-state index in [1.807, 2.05) is 32.0 Å². The predicted octanol–water partition coefficient (Wildman–Crippen LogP) is 4.80. The molecule has 2 atom stereocenters. The molecule has 122 valence electrons. The molecule has 0 aliphatic heterocycles. The van der Waals surface area contributed by atoms with E-state index < -0.39 is 0 Å². The maximum atomic E-state index is 12.4. The van der Waals surface area contributed by atoms with Gasteiger partial charge in [0.25, 0.3) is 0 Å². The van der Waals surface area contributed by atoms with Crippen molar-refractivity contribution in [3.63, 3.8) is 0 Å². The molecule has 0 saturated heterocycles. The first-order chi connectivity index (χ1) is 11.0. The first kappa shape index (κ1) is 17.6. The maximum Gasteiger partial charge on any atom is 0.233 e. The Morgan fingerprint density at radius 3 is 2.48 bits per heavy atom. The number of hydrogen-bond donors (Lipinski definition) is 1. The van der Waals surface area contributed by atoms with E-state index in [2.05, 4.69) is 49.5 Å². The van der Waals surface area contributed by atoms with Gasteiger partial charge in [-0.3, -0.25) is 4.79 Å². The van der Waals surface area contributed by atoms with Crippen molar-refractivity contribution in [2.45, 2.75) is 44.7 Å². The van der Waals surface area contributed by atoms with E-state index in [1.165, 1.54) is 22.3 Å². The maximum absolute atomic E-state index is 12.4. The van der Waals surface area contributed by atoms with Crippen molar-refractivity contribution in [1.82, 2.24) is 5.32 Å². The molecule has 2 nitrogen and oxygen atoms in total. The van der Waals surface area contributed by atoms with Crippen LogP contribution in [0.5, 0.6) is 0 Å². The van der Waals surface area contributed by atoms with Crippen LogP contribution < -0.4 is 5.32 Å². The van der Waals surface area contributed by atoms with Gasteiger partial charge in [0.2, 0.25) is 5.91 Å². The fourth-order valence-corrected chi connectivity index (χ4v) is 3.36. The minimum atomic E-state index is -0.0669. The molecule has 0 fully saturated rings. The predicted molar refractivity (Wildman–Crippen MR) is 99.7 cm³/mol. The SMILES string of the molecule is Cc1ccc(C)c([C@H](C)NC(=O)[C@@H](C)SCc2ccccc2)c1. The van der Waals surface area contributed by atoms with Crippen LogP contribution in [-0.4, -0.2) is 11.2 Å². The summed E-state index contributed by atoms with van der Waals surface area (Å²) in [4.78, 5) is 12.4. The Balaban J connectivity index is 1.91. The monoisotopic (exact) mass is 327 g/mol. The van der Waals surface area contributed by atoms with Gasteiger partial charge in [0.1, 0.15) is 0 Å². The van der Waals surface area contributed by atoms with Gasteiger partial charge in [-0.2, -0.15) is 0 Å². The van der Waals surface area contributed by atoms with Crippen LogP contribution in [-0.2, 0) is 10.5 Å². The summed E-state index contributed by atoms with van der Waals surface area (Å²) in [5.74, 6) is 0.951. The quantitative estimate of drug-likeness (QED) is 0.825. The number of aryl methyl sites for hydroxylation is 2. The third-order valence-electron chi connectivity index (χ3n) is 3.97. The third-order valence-corrected chi connectivity index (χ3v) is 5.19. The fourth-order valence-electron chi connectivity index (χ4n) is 2.51. The molecule has 3 heteroatoms. The molecule has 2 aromatic rings. The number of carbonyl (C=O) groups is 1. The van der Waals surface area contributed by atoms with E-state index in [-0.39, 0.29) is 17.2 Å². The number of carbonyl (C=O) groups excluding carboxylic acids is 1. The van der Waals surface area contributed by atoms with Gasteiger partial charge in [-0.25, -0.2) is 0 Å². The van der Waals surface area contributed by atoms with Crippen molar-refractivity contribution in [3.05, 3.63) is 70.8 Å². The lowest BCUT2D eigenvalue weighted by molar-refractivity contribution is -0.120. The van der Waals surface area contributed by atoms with E-state index in [0.29, 0.717) is 0 Å². The number of amides is 1. The number of rotatable bonds is 6. The summed E-state index contributed by atoms with van der Waals surface area (Å²) in [6.07, 6.45) is 0. The van der Waals surface area contributed by atoms with Crippen molar-refractivity contribution in [3.8, 4) is 0 Å². The Labute approximate surface area is 143 Å². The summed E-state index contributed by atoms with van der Waals surface area (Å²) in [5.41, 5.74) is 4.88. The molecule has 0 heterocycles. The molecule has 0 spiro atoms. The zero-order valence-corrected chi connectivity index (χ0v) is 15.1. The van der Waals surface area contributed by atoms with Gasteiger partial charge in [0.05, 0.1) is 11.3 Å². The van der Waals surface area contributed by atoms with Gasteiger partial charge in [-0.1, -0.05) is 54.1 Å². The molecule has 0 aliphatic carbocycles. The normalized spacial score (nSPS) is 13.4. The number of benzene rings is 2. The highest BCUT2D eigenvalue weighted by atomic mass is 32.2. The average molecular weight is 327 g/mol. The molecule has 0 radical (unpaired) electrons. The second kappa shape index (κ2) is 8.21. The summed E-state index contributed by atoms with van der Waals surface area (Å²) in [6, 6.07) is 16.7. The molecule has 0 aromatic heterocycles. The van der Waals surface area contributed by atoms with Crippen LogP contribution in [0, 0.1) is 13.8 Å². The Hall–Kier alpha value is -1.74. The van der Waals surface area contributed by atoms with Crippen LogP contribution in [0.15, 0.2) is 48.5 Å². The molecule has 0 saturated carbocycles. The van der Waals surface area contributed by atoms with Gasteiger partial charge in [-0.05, 0) is 44.4 Å². The van der Waals surface area contributed by atoms with Gasteiger partial charge < -0.3 is 5.32 Å². The third kappa shape index (κ3) is 5.14. The topological polar surface area (TPSA) is 29.1 Å². The lowest BCUT2D eigenvalue weighted by Crippen LogP contribution is -2.33. The molecule has 2 aromatic carbocycles. The van der Waals surface area contributed by atoms with Crippen molar-refractivity contribution in [1.29, 1.82) is 0 Å². The number of thioether (sulfide) groups is 1. The van der Waals surface area contributed by atoms with E-state index in [1.54, 1.807) is 11.8 Å². The Bertz CT molecular complexity index is 654. The van der Waals surface area contributed by atoms with Crippen LogP contribution in [0.4, 0.5) is 0 Å².